The number of thioether (sulfide) groups is 1. The third-order valence-corrected chi connectivity index (χ3v) is 2.21. The lowest BCUT2D eigenvalue weighted by molar-refractivity contribution is 0.162. The minimum absolute atomic E-state index is 0.315. The van der Waals surface area contributed by atoms with Crippen LogP contribution >= 0.6 is 11.8 Å². The molecule has 1 unspecified atom stereocenters. The summed E-state index contributed by atoms with van der Waals surface area (Å²) in [6.45, 7) is -0.715. The largest absolute Gasteiger partial charge is 0.390 e. The number of hydrogen-bond donors (Lipinski definition) is 1. The molecule has 1 aromatic rings. The van der Waals surface area contributed by atoms with E-state index < -0.39 is 12.8 Å². The van der Waals surface area contributed by atoms with Gasteiger partial charge in [-0.3, -0.25) is 0 Å². The summed E-state index contributed by atoms with van der Waals surface area (Å²) in [6.07, 6.45) is 0.660. The van der Waals surface area contributed by atoms with Gasteiger partial charge in [-0.25, -0.2) is 4.39 Å². The molecule has 1 heterocycles. The lowest BCUT2D eigenvalue weighted by Crippen LogP contribution is -2.11. The standard InChI is InChI=1S/C7H9FN2OS/c8-4-6(11)5-12-7-2-1-3-9-10-7/h1-3,6,11H,4-5H2. The fourth-order valence-corrected chi connectivity index (χ4v) is 1.32. The molecule has 1 aromatic heterocycles. The summed E-state index contributed by atoms with van der Waals surface area (Å²) in [4.78, 5) is 0. The van der Waals surface area contributed by atoms with Crippen molar-refractivity contribution in [3.63, 3.8) is 0 Å². The van der Waals surface area contributed by atoms with Gasteiger partial charge in [-0.15, -0.1) is 16.9 Å². The van der Waals surface area contributed by atoms with Crippen LogP contribution in [0.1, 0.15) is 0 Å². The predicted molar refractivity (Wildman–Crippen MR) is 44.7 cm³/mol. The number of alkyl halides is 1. The molecule has 12 heavy (non-hydrogen) atoms. The number of aliphatic hydroxyl groups is 1. The topological polar surface area (TPSA) is 46.0 Å². The average Bonchev–Trinajstić information content (AvgIpc) is 2.16. The molecule has 0 amide bonds. The summed E-state index contributed by atoms with van der Waals surface area (Å²) in [5, 5.41) is 17.0. The van der Waals surface area contributed by atoms with E-state index in [9.17, 15) is 4.39 Å². The summed E-state index contributed by atoms with van der Waals surface area (Å²) < 4.78 is 11.8. The molecule has 0 aliphatic carbocycles. The summed E-state index contributed by atoms with van der Waals surface area (Å²) in [6, 6.07) is 3.51. The highest BCUT2D eigenvalue weighted by Crippen LogP contribution is 2.14. The second kappa shape index (κ2) is 5.05. The van der Waals surface area contributed by atoms with Gasteiger partial charge < -0.3 is 5.11 Å². The van der Waals surface area contributed by atoms with Crippen molar-refractivity contribution in [1.29, 1.82) is 0 Å². The van der Waals surface area contributed by atoms with Crippen LogP contribution in [0.3, 0.4) is 0 Å². The molecule has 0 radical (unpaired) electrons. The molecule has 1 N–H and O–H groups in total. The molecule has 1 rings (SSSR count). The van der Waals surface area contributed by atoms with Gasteiger partial charge in [-0.2, -0.15) is 5.10 Å². The molecule has 0 fully saturated rings. The molecule has 66 valence electrons. The molecule has 0 saturated heterocycles. The van der Waals surface area contributed by atoms with Gasteiger partial charge in [0.25, 0.3) is 0 Å². The van der Waals surface area contributed by atoms with Gasteiger partial charge in [0.05, 0.1) is 6.10 Å². The molecule has 0 aromatic carbocycles. The lowest BCUT2D eigenvalue weighted by atomic mass is 10.5. The predicted octanol–water partition coefficient (Wildman–Crippen LogP) is 0.899. The van der Waals surface area contributed by atoms with Crippen molar-refractivity contribution < 1.29 is 9.50 Å². The van der Waals surface area contributed by atoms with Crippen LogP contribution in [0, 0.1) is 0 Å². The van der Waals surface area contributed by atoms with Crippen molar-refractivity contribution in [2.24, 2.45) is 0 Å². The molecule has 0 bridgehead atoms. The Bertz CT molecular complexity index is 222. The Morgan fingerprint density at radius 1 is 1.67 bits per heavy atom. The van der Waals surface area contributed by atoms with Gasteiger partial charge in [0, 0.05) is 11.9 Å². The lowest BCUT2D eigenvalue weighted by Gasteiger charge is -2.03. The first-order valence-corrected chi connectivity index (χ1v) is 4.46. The number of nitrogens with zero attached hydrogens (tertiary/aromatic N) is 2. The number of aromatic nitrogens is 2. The van der Waals surface area contributed by atoms with Gasteiger partial charge >= 0.3 is 0 Å². The maximum absolute atomic E-state index is 11.8. The van der Waals surface area contributed by atoms with Crippen LogP contribution in [0.15, 0.2) is 23.4 Å². The Hall–Kier alpha value is -0.680. The van der Waals surface area contributed by atoms with Gasteiger partial charge in [0.2, 0.25) is 0 Å². The normalized spacial score (nSPS) is 12.8. The van der Waals surface area contributed by atoms with E-state index in [1.807, 2.05) is 0 Å². The van der Waals surface area contributed by atoms with E-state index in [0.29, 0.717) is 10.8 Å². The van der Waals surface area contributed by atoms with Gasteiger partial charge in [-0.05, 0) is 12.1 Å². The SMILES string of the molecule is OC(CF)CSc1cccnn1. The Morgan fingerprint density at radius 2 is 2.50 bits per heavy atom. The molecule has 0 saturated carbocycles. The first-order chi connectivity index (χ1) is 5.83. The Labute approximate surface area is 74.0 Å². The molecule has 5 heteroatoms. The molecule has 0 aliphatic heterocycles. The maximum atomic E-state index is 11.8. The number of rotatable bonds is 4. The van der Waals surface area contributed by atoms with E-state index >= 15 is 0 Å². The van der Waals surface area contributed by atoms with Crippen LogP contribution in [0.4, 0.5) is 4.39 Å². The minimum Gasteiger partial charge on any atom is -0.390 e. The quantitative estimate of drug-likeness (QED) is 0.713. The highest BCUT2D eigenvalue weighted by Gasteiger charge is 2.03. The van der Waals surface area contributed by atoms with E-state index in [2.05, 4.69) is 10.2 Å². The van der Waals surface area contributed by atoms with Gasteiger partial charge in [0.1, 0.15) is 11.7 Å². The third kappa shape index (κ3) is 3.15. The van der Waals surface area contributed by atoms with Crippen LogP contribution in [0.2, 0.25) is 0 Å². The molecule has 1 atom stereocenters. The fraction of sp³-hybridized carbons (Fsp3) is 0.429. The first kappa shape index (κ1) is 9.41. The van der Waals surface area contributed by atoms with Crippen molar-refractivity contribution >= 4 is 11.8 Å². The Morgan fingerprint density at radius 3 is 3.08 bits per heavy atom. The second-order valence-electron chi connectivity index (χ2n) is 2.18. The number of hydrogen-bond acceptors (Lipinski definition) is 4. The summed E-state index contributed by atoms with van der Waals surface area (Å²) in [5.74, 6) is 0.315. The van der Waals surface area contributed by atoms with E-state index in [1.54, 1.807) is 18.3 Å². The zero-order chi connectivity index (χ0) is 8.81. The summed E-state index contributed by atoms with van der Waals surface area (Å²) >= 11 is 1.29. The average molecular weight is 188 g/mol. The van der Waals surface area contributed by atoms with Crippen LogP contribution in [-0.4, -0.2) is 33.8 Å². The van der Waals surface area contributed by atoms with E-state index in [1.165, 1.54) is 11.8 Å². The van der Waals surface area contributed by atoms with E-state index in [-0.39, 0.29) is 0 Å². The third-order valence-electron chi connectivity index (χ3n) is 1.15. The maximum Gasteiger partial charge on any atom is 0.119 e. The Kier molecular flexibility index (Phi) is 3.96. The fourth-order valence-electron chi connectivity index (χ4n) is 0.591. The van der Waals surface area contributed by atoms with E-state index in [0.717, 1.165) is 0 Å². The van der Waals surface area contributed by atoms with Crippen molar-refractivity contribution in [3.05, 3.63) is 18.3 Å². The molecule has 0 aliphatic rings. The van der Waals surface area contributed by atoms with Crippen LogP contribution < -0.4 is 0 Å². The van der Waals surface area contributed by atoms with Crippen LogP contribution in [0.5, 0.6) is 0 Å². The summed E-state index contributed by atoms with van der Waals surface area (Å²) in [5.41, 5.74) is 0. The number of aliphatic hydroxyl groups excluding tert-OH is 1. The van der Waals surface area contributed by atoms with Crippen LogP contribution in [0.25, 0.3) is 0 Å². The van der Waals surface area contributed by atoms with Crippen LogP contribution in [-0.2, 0) is 0 Å². The van der Waals surface area contributed by atoms with Crippen molar-refractivity contribution in [2.45, 2.75) is 11.1 Å². The monoisotopic (exact) mass is 188 g/mol. The molecule has 0 spiro atoms. The number of halogens is 1. The molecular weight excluding hydrogens is 179 g/mol. The zero-order valence-corrected chi connectivity index (χ0v) is 7.17. The van der Waals surface area contributed by atoms with Crippen molar-refractivity contribution in [3.8, 4) is 0 Å². The summed E-state index contributed by atoms with van der Waals surface area (Å²) in [7, 11) is 0. The van der Waals surface area contributed by atoms with E-state index in [4.69, 9.17) is 5.11 Å². The molecular formula is C7H9FN2OS. The zero-order valence-electron chi connectivity index (χ0n) is 6.35. The molecule has 3 nitrogen and oxygen atoms in total. The van der Waals surface area contributed by atoms with Gasteiger partial charge in [0.15, 0.2) is 0 Å². The Balaban J connectivity index is 2.33. The first-order valence-electron chi connectivity index (χ1n) is 3.47. The van der Waals surface area contributed by atoms with Crippen molar-refractivity contribution in [1.82, 2.24) is 10.2 Å². The second-order valence-corrected chi connectivity index (χ2v) is 3.22. The highest BCUT2D eigenvalue weighted by molar-refractivity contribution is 7.99. The van der Waals surface area contributed by atoms with Crippen molar-refractivity contribution in [2.75, 3.05) is 12.4 Å². The smallest absolute Gasteiger partial charge is 0.119 e. The highest BCUT2D eigenvalue weighted by atomic mass is 32.2. The minimum atomic E-state index is -0.906. The van der Waals surface area contributed by atoms with Gasteiger partial charge in [-0.1, -0.05) is 0 Å².